The van der Waals surface area contributed by atoms with Gasteiger partial charge in [-0.3, -0.25) is 0 Å². The van der Waals surface area contributed by atoms with Crippen LogP contribution in [0.3, 0.4) is 0 Å². The van der Waals surface area contributed by atoms with Crippen LogP contribution in [0.25, 0.3) is 34.8 Å². The van der Waals surface area contributed by atoms with Crippen LogP contribution in [0.4, 0.5) is 0 Å². The van der Waals surface area contributed by atoms with Crippen LogP contribution in [0.2, 0.25) is 0 Å². The Morgan fingerprint density at radius 1 is 0.667 bits per heavy atom. The van der Waals surface area contributed by atoms with E-state index >= 15 is 0 Å². The Bertz CT molecular complexity index is 1800. The van der Waals surface area contributed by atoms with E-state index in [0.717, 1.165) is 25.7 Å². The zero-order valence-electron chi connectivity index (χ0n) is 25.4. The summed E-state index contributed by atoms with van der Waals surface area (Å²) in [4.78, 5) is 0. The molecule has 3 aromatic heterocycles. The third-order valence-corrected chi connectivity index (χ3v) is 11.1. The van der Waals surface area contributed by atoms with Crippen molar-refractivity contribution in [3.63, 3.8) is 0 Å². The fourth-order valence-corrected chi connectivity index (χ4v) is 9.47. The van der Waals surface area contributed by atoms with E-state index in [1.54, 1.807) is 33.8 Å². The molecule has 0 amide bonds. The third kappa shape index (κ3) is 3.52. The summed E-state index contributed by atoms with van der Waals surface area (Å²) in [5, 5.41) is 1.50. The van der Waals surface area contributed by atoms with Crippen LogP contribution in [0.5, 0.6) is 0 Å². The lowest BCUT2D eigenvalue weighted by atomic mass is 9.90. The van der Waals surface area contributed by atoms with Crippen molar-refractivity contribution in [1.29, 1.82) is 0 Å². The lowest BCUT2D eigenvalue weighted by Gasteiger charge is -2.30. The van der Waals surface area contributed by atoms with Crippen molar-refractivity contribution in [2.75, 3.05) is 0 Å². The Kier molecular flexibility index (Phi) is 5.69. The summed E-state index contributed by atoms with van der Waals surface area (Å²) in [6.07, 6.45) is 30.2. The standard InChI is InChI=1S/C39H43N3/c1-25(2)40-38-21-19-26(41-34-15-7-3-11-28(34)29-12-4-8-16-35(29)41)23-32(38)33-24-27(20-22-39(33)40)42-36-17-9-5-13-30(36)31-14-6-10-18-37(31)42/h3-5,11-13,19,21,23,25,27H,6-10,14-18,20,22,24H2,1-2H3. The Hall–Kier alpha value is -3.46. The minimum Gasteiger partial charge on any atom is -0.344 e. The molecule has 0 saturated carbocycles. The van der Waals surface area contributed by atoms with Crippen LogP contribution in [0.1, 0.15) is 121 Å². The van der Waals surface area contributed by atoms with E-state index in [1.807, 2.05) is 0 Å². The summed E-state index contributed by atoms with van der Waals surface area (Å²) in [6, 6.07) is 8.51. The third-order valence-electron chi connectivity index (χ3n) is 11.1. The number of rotatable bonds is 3. The molecule has 1 atom stereocenters. The smallest absolute Gasteiger partial charge is 0.0489 e. The molecule has 3 heterocycles. The molecule has 0 N–H and O–H groups in total. The fourth-order valence-electron chi connectivity index (χ4n) is 9.47. The summed E-state index contributed by atoms with van der Waals surface area (Å²) in [6.45, 7) is 4.75. The molecule has 4 aromatic rings. The second-order valence-electron chi connectivity index (χ2n) is 13.7. The topological polar surface area (TPSA) is 14.8 Å². The maximum atomic E-state index is 2.88. The highest BCUT2D eigenvalue weighted by Crippen LogP contribution is 2.44. The van der Waals surface area contributed by atoms with Gasteiger partial charge in [-0.15, -0.1) is 0 Å². The van der Waals surface area contributed by atoms with Crippen LogP contribution in [-0.2, 0) is 44.9 Å². The van der Waals surface area contributed by atoms with Crippen LogP contribution in [0, 0.1) is 0 Å². The molecule has 0 spiro atoms. The first-order valence-corrected chi connectivity index (χ1v) is 16.9. The molecule has 3 nitrogen and oxygen atoms in total. The summed E-state index contributed by atoms with van der Waals surface area (Å²) < 4.78 is 8.22. The highest BCUT2D eigenvalue weighted by molar-refractivity contribution is 5.88. The molecule has 42 heavy (non-hydrogen) atoms. The average Bonchev–Trinajstić information content (AvgIpc) is 3.66. The van der Waals surface area contributed by atoms with E-state index in [-0.39, 0.29) is 0 Å². The molecule has 0 saturated heterocycles. The number of allylic oxidation sites excluding steroid dienone is 3. The molecule has 5 aliphatic carbocycles. The van der Waals surface area contributed by atoms with E-state index in [9.17, 15) is 0 Å². The normalized spacial score (nSPS) is 20.5. The molecule has 5 aliphatic rings. The van der Waals surface area contributed by atoms with Gasteiger partial charge in [0.1, 0.15) is 0 Å². The predicted octanol–water partition coefficient (Wildman–Crippen LogP) is 9.30. The van der Waals surface area contributed by atoms with Crippen LogP contribution in [0.15, 0.2) is 36.4 Å². The van der Waals surface area contributed by atoms with Gasteiger partial charge in [0, 0.05) is 68.3 Å². The van der Waals surface area contributed by atoms with E-state index < -0.39 is 0 Å². The highest BCUT2D eigenvalue weighted by atomic mass is 15.1. The van der Waals surface area contributed by atoms with Gasteiger partial charge in [-0.25, -0.2) is 0 Å². The molecule has 9 rings (SSSR count). The molecule has 1 unspecified atom stereocenters. The monoisotopic (exact) mass is 553 g/mol. The lowest BCUT2D eigenvalue weighted by molar-refractivity contribution is 0.404. The van der Waals surface area contributed by atoms with Crippen molar-refractivity contribution in [2.45, 2.75) is 109 Å². The number of hydrogen-bond donors (Lipinski definition) is 0. The van der Waals surface area contributed by atoms with Gasteiger partial charge in [0.05, 0.1) is 0 Å². The van der Waals surface area contributed by atoms with Crippen molar-refractivity contribution in [1.82, 2.24) is 13.7 Å². The SMILES string of the molecule is CC(C)n1c2c(c3cc(-n4c5c(c6c4CCC=C6)C=CCC5)ccc31)CC(n1c3c(c4c1CCCC4)C=CCC3)CC2. The molecular weight excluding hydrogens is 510 g/mol. The second kappa shape index (κ2) is 9.53. The van der Waals surface area contributed by atoms with Crippen molar-refractivity contribution in [2.24, 2.45) is 0 Å². The molecule has 0 fully saturated rings. The number of benzene rings is 1. The minimum absolute atomic E-state index is 0.471. The molecular formula is C39H43N3. The second-order valence-corrected chi connectivity index (χ2v) is 13.7. The summed E-state index contributed by atoms with van der Waals surface area (Å²) in [7, 11) is 0. The van der Waals surface area contributed by atoms with Gasteiger partial charge < -0.3 is 13.7 Å². The molecule has 0 bridgehead atoms. The van der Waals surface area contributed by atoms with Crippen molar-refractivity contribution >= 4 is 29.1 Å². The summed E-state index contributed by atoms with van der Waals surface area (Å²) in [5.74, 6) is 0. The highest BCUT2D eigenvalue weighted by Gasteiger charge is 2.33. The molecule has 214 valence electrons. The number of aromatic nitrogens is 3. The zero-order chi connectivity index (χ0) is 27.9. The van der Waals surface area contributed by atoms with E-state index in [4.69, 9.17) is 0 Å². The quantitative estimate of drug-likeness (QED) is 0.240. The Labute approximate surface area is 250 Å². The zero-order valence-corrected chi connectivity index (χ0v) is 25.4. The van der Waals surface area contributed by atoms with E-state index in [1.165, 1.54) is 96.9 Å². The number of nitrogens with zero attached hydrogens (tertiary/aromatic N) is 3. The van der Waals surface area contributed by atoms with Crippen molar-refractivity contribution in [3.8, 4) is 5.69 Å². The number of hydrogen-bond acceptors (Lipinski definition) is 0. The molecule has 1 aromatic carbocycles. The number of fused-ring (bicyclic) bond motifs is 9. The van der Waals surface area contributed by atoms with Gasteiger partial charge in [-0.1, -0.05) is 36.5 Å². The molecule has 0 radical (unpaired) electrons. The molecule has 0 aliphatic heterocycles. The maximum absolute atomic E-state index is 2.88. The fraction of sp³-hybridized carbons (Fsp3) is 0.436. The predicted molar refractivity (Wildman–Crippen MR) is 176 cm³/mol. The molecule has 3 heteroatoms. The van der Waals surface area contributed by atoms with Crippen LogP contribution >= 0.6 is 0 Å². The van der Waals surface area contributed by atoms with Gasteiger partial charge in [-0.2, -0.15) is 0 Å². The van der Waals surface area contributed by atoms with Gasteiger partial charge in [0.2, 0.25) is 0 Å². The Morgan fingerprint density at radius 2 is 1.36 bits per heavy atom. The lowest BCUT2D eigenvalue weighted by Crippen LogP contribution is -2.24. The van der Waals surface area contributed by atoms with E-state index in [0.29, 0.717) is 12.1 Å². The minimum atomic E-state index is 0.471. The van der Waals surface area contributed by atoms with Crippen LogP contribution < -0.4 is 0 Å². The van der Waals surface area contributed by atoms with Crippen LogP contribution in [-0.4, -0.2) is 13.7 Å². The maximum Gasteiger partial charge on any atom is 0.0489 e. The summed E-state index contributed by atoms with van der Waals surface area (Å²) >= 11 is 0. The van der Waals surface area contributed by atoms with E-state index in [2.05, 4.69) is 82.2 Å². The Balaban J connectivity index is 1.21. The van der Waals surface area contributed by atoms with Crippen molar-refractivity contribution in [3.05, 3.63) is 92.7 Å². The van der Waals surface area contributed by atoms with Gasteiger partial charge in [0.15, 0.2) is 0 Å². The Morgan fingerprint density at radius 3 is 2.10 bits per heavy atom. The first-order chi connectivity index (χ1) is 20.7. The first kappa shape index (κ1) is 25.1. The first-order valence-electron chi connectivity index (χ1n) is 16.9. The largest absolute Gasteiger partial charge is 0.344 e. The average molecular weight is 554 g/mol. The van der Waals surface area contributed by atoms with Crippen molar-refractivity contribution < 1.29 is 0 Å². The van der Waals surface area contributed by atoms with Gasteiger partial charge in [-0.05, 0) is 132 Å². The van der Waals surface area contributed by atoms with Gasteiger partial charge >= 0.3 is 0 Å². The van der Waals surface area contributed by atoms with Gasteiger partial charge in [0.25, 0.3) is 0 Å². The summed E-state index contributed by atoms with van der Waals surface area (Å²) in [5.41, 5.74) is 18.6.